The zero-order chi connectivity index (χ0) is 17.9. The Morgan fingerprint density at radius 3 is 2.96 bits per heavy atom. The molecule has 1 aromatic rings. The van der Waals surface area contributed by atoms with Crippen LogP contribution in [0, 0.1) is 11.2 Å². The van der Waals surface area contributed by atoms with Crippen molar-refractivity contribution in [2.24, 2.45) is 10.4 Å². The number of rotatable bonds is 3. The largest absolute Gasteiger partial charge is 0.357 e. The molecule has 0 radical (unpaired) electrons. The van der Waals surface area contributed by atoms with Gasteiger partial charge in [-0.1, -0.05) is 17.7 Å². The minimum atomic E-state index is -0.340. The summed E-state index contributed by atoms with van der Waals surface area (Å²) in [5.41, 5.74) is 0.394. The fraction of sp³-hybridized carbons (Fsp3) is 0.556. The number of amides is 1. The van der Waals surface area contributed by atoms with E-state index >= 15 is 0 Å². The Labute approximate surface area is 175 Å². The second-order valence-corrected chi connectivity index (χ2v) is 7.26. The molecular weight excluding hydrogens is 470 g/mol. The lowest BCUT2D eigenvalue weighted by atomic mass is 9.79. The summed E-state index contributed by atoms with van der Waals surface area (Å²) in [4.78, 5) is 18.5. The zero-order valence-corrected chi connectivity index (χ0v) is 17.9. The Balaban J connectivity index is 0.00000243. The van der Waals surface area contributed by atoms with Gasteiger partial charge in [0.2, 0.25) is 5.91 Å². The molecule has 2 fully saturated rings. The topological polar surface area (TPSA) is 56.7 Å². The molecular formula is C18H25ClFIN4O. The molecule has 2 N–H and O–H groups in total. The summed E-state index contributed by atoms with van der Waals surface area (Å²) >= 11 is 6.10. The van der Waals surface area contributed by atoms with Crippen molar-refractivity contribution in [3.63, 3.8) is 0 Å². The molecule has 3 rings (SSSR count). The standard InChI is InChI=1S/C18H24ClFN4O.HI/c1-2-21-17(22-10-13-14(19)5-3-6-15(13)20)24-8-4-7-18(12-24)9-16(25)23-11-18;/h3,5-6H,2,4,7-12H2,1H3,(H,21,22)(H,23,25);1H. The van der Waals surface area contributed by atoms with Gasteiger partial charge >= 0.3 is 0 Å². The molecule has 2 heterocycles. The highest BCUT2D eigenvalue weighted by Gasteiger charge is 2.42. The summed E-state index contributed by atoms with van der Waals surface area (Å²) in [5.74, 6) is 0.537. The van der Waals surface area contributed by atoms with Crippen LogP contribution in [0.3, 0.4) is 0 Å². The van der Waals surface area contributed by atoms with Gasteiger partial charge in [-0.05, 0) is 31.9 Å². The Kier molecular flexibility index (Phi) is 7.52. The monoisotopic (exact) mass is 494 g/mol. The van der Waals surface area contributed by atoms with Crippen LogP contribution in [0.5, 0.6) is 0 Å². The molecule has 2 saturated heterocycles. The van der Waals surface area contributed by atoms with Gasteiger partial charge in [0.15, 0.2) is 5.96 Å². The zero-order valence-electron chi connectivity index (χ0n) is 14.9. The van der Waals surface area contributed by atoms with Crippen LogP contribution in [0.2, 0.25) is 5.02 Å². The van der Waals surface area contributed by atoms with Crippen molar-refractivity contribution in [2.75, 3.05) is 26.2 Å². The fourth-order valence-corrected chi connectivity index (χ4v) is 3.91. The molecule has 0 aliphatic carbocycles. The fourth-order valence-electron chi connectivity index (χ4n) is 3.69. The Morgan fingerprint density at radius 2 is 2.31 bits per heavy atom. The number of hydrogen-bond acceptors (Lipinski definition) is 2. The van der Waals surface area contributed by atoms with Gasteiger partial charge in [-0.25, -0.2) is 9.38 Å². The molecule has 1 amide bonds. The van der Waals surface area contributed by atoms with Gasteiger partial charge < -0.3 is 15.5 Å². The third kappa shape index (κ3) is 4.79. The highest BCUT2D eigenvalue weighted by molar-refractivity contribution is 14.0. The van der Waals surface area contributed by atoms with Crippen molar-refractivity contribution < 1.29 is 9.18 Å². The number of nitrogens with zero attached hydrogens (tertiary/aromatic N) is 2. The van der Waals surface area contributed by atoms with Crippen LogP contribution >= 0.6 is 35.6 Å². The normalized spacial score (nSPS) is 23.0. The number of likely N-dealkylation sites (tertiary alicyclic amines) is 1. The second-order valence-electron chi connectivity index (χ2n) is 6.85. The van der Waals surface area contributed by atoms with Gasteiger partial charge in [-0.15, -0.1) is 24.0 Å². The molecule has 1 unspecified atom stereocenters. The molecule has 1 aromatic carbocycles. The summed E-state index contributed by atoms with van der Waals surface area (Å²) in [6.07, 6.45) is 2.63. The maximum atomic E-state index is 14.0. The van der Waals surface area contributed by atoms with E-state index in [4.69, 9.17) is 11.6 Å². The predicted molar refractivity (Wildman–Crippen MR) is 113 cm³/mol. The minimum absolute atomic E-state index is 0. The van der Waals surface area contributed by atoms with Crippen LogP contribution in [0.1, 0.15) is 31.7 Å². The van der Waals surface area contributed by atoms with Gasteiger partial charge in [0.25, 0.3) is 0 Å². The molecule has 8 heteroatoms. The quantitative estimate of drug-likeness (QED) is 0.386. The summed E-state index contributed by atoms with van der Waals surface area (Å²) in [7, 11) is 0. The molecule has 5 nitrogen and oxygen atoms in total. The number of aliphatic imine (C=N–C) groups is 1. The van der Waals surface area contributed by atoms with Crippen LogP contribution in [-0.4, -0.2) is 42.9 Å². The highest BCUT2D eigenvalue weighted by atomic mass is 127. The van der Waals surface area contributed by atoms with Crippen molar-refractivity contribution in [3.8, 4) is 0 Å². The Hall–Kier alpha value is -1.09. The first-order valence-electron chi connectivity index (χ1n) is 8.76. The van der Waals surface area contributed by atoms with E-state index in [-0.39, 0.29) is 47.7 Å². The van der Waals surface area contributed by atoms with Crippen molar-refractivity contribution in [3.05, 3.63) is 34.6 Å². The van der Waals surface area contributed by atoms with E-state index in [9.17, 15) is 9.18 Å². The number of carbonyl (C=O) groups is 1. The van der Waals surface area contributed by atoms with Gasteiger partial charge in [-0.2, -0.15) is 0 Å². The van der Waals surface area contributed by atoms with Crippen molar-refractivity contribution in [2.45, 2.75) is 32.7 Å². The van der Waals surface area contributed by atoms with Crippen LogP contribution in [0.15, 0.2) is 23.2 Å². The van der Waals surface area contributed by atoms with Crippen LogP contribution in [-0.2, 0) is 11.3 Å². The first-order valence-corrected chi connectivity index (χ1v) is 9.14. The summed E-state index contributed by atoms with van der Waals surface area (Å²) in [6, 6.07) is 4.66. The average Bonchev–Trinajstić information content (AvgIpc) is 2.93. The van der Waals surface area contributed by atoms with Gasteiger partial charge in [-0.3, -0.25) is 4.79 Å². The van der Waals surface area contributed by atoms with Crippen LogP contribution in [0.25, 0.3) is 0 Å². The first kappa shape index (κ1) is 21.2. The highest BCUT2D eigenvalue weighted by Crippen LogP contribution is 2.36. The van der Waals surface area contributed by atoms with E-state index in [1.165, 1.54) is 6.07 Å². The number of halogens is 3. The molecule has 0 aromatic heterocycles. The number of piperidine rings is 1. The predicted octanol–water partition coefficient (Wildman–Crippen LogP) is 3.16. The third-order valence-electron chi connectivity index (χ3n) is 4.94. The van der Waals surface area contributed by atoms with E-state index < -0.39 is 0 Å². The molecule has 2 aliphatic rings. The van der Waals surface area contributed by atoms with E-state index in [0.29, 0.717) is 17.0 Å². The lowest BCUT2D eigenvalue weighted by Crippen LogP contribution is -2.51. The maximum Gasteiger partial charge on any atom is 0.220 e. The lowest BCUT2D eigenvalue weighted by Gasteiger charge is -2.40. The van der Waals surface area contributed by atoms with E-state index in [2.05, 4.69) is 20.5 Å². The molecule has 2 aliphatic heterocycles. The van der Waals surface area contributed by atoms with E-state index in [1.807, 2.05) is 6.92 Å². The molecule has 0 bridgehead atoms. The summed E-state index contributed by atoms with van der Waals surface area (Å²) in [6.45, 7) is 5.31. The third-order valence-corrected chi connectivity index (χ3v) is 5.29. The van der Waals surface area contributed by atoms with E-state index in [1.54, 1.807) is 12.1 Å². The minimum Gasteiger partial charge on any atom is -0.357 e. The Morgan fingerprint density at radius 1 is 1.50 bits per heavy atom. The number of nitrogens with one attached hydrogen (secondary N) is 2. The average molecular weight is 495 g/mol. The van der Waals surface area contributed by atoms with Gasteiger partial charge in [0.1, 0.15) is 5.82 Å². The first-order chi connectivity index (χ1) is 12.0. The van der Waals surface area contributed by atoms with E-state index in [0.717, 1.165) is 45.0 Å². The molecule has 26 heavy (non-hydrogen) atoms. The SMILES string of the molecule is CCNC(=NCc1c(F)cccc1Cl)N1CCCC2(CNC(=O)C2)C1.I. The molecule has 0 saturated carbocycles. The van der Waals surface area contributed by atoms with Crippen molar-refractivity contribution >= 4 is 47.4 Å². The number of benzene rings is 1. The summed E-state index contributed by atoms with van der Waals surface area (Å²) in [5, 5.41) is 6.62. The van der Waals surface area contributed by atoms with Gasteiger partial charge in [0, 0.05) is 48.6 Å². The second kappa shape index (κ2) is 9.21. The van der Waals surface area contributed by atoms with Gasteiger partial charge in [0.05, 0.1) is 6.54 Å². The summed E-state index contributed by atoms with van der Waals surface area (Å²) < 4.78 is 14.0. The molecule has 1 atom stereocenters. The number of carbonyl (C=O) groups excluding carboxylic acids is 1. The Bertz CT molecular complexity index is 667. The van der Waals surface area contributed by atoms with Crippen LogP contribution in [0.4, 0.5) is 4.39 Å². The van der Waals surface area contributed by atoms with Crippen molar-refractivity contribution in [1.29, 1.82) is 0 Å². The number of guanidine groups is 1. The van der Waals surface area contributed by atoms with Crippen molar-refractivity contribution in [1.82, 2.24) is 15.5 Å². The molecule has 144 valence electrons. The maximum absolute atomic E-state index is 14.0. The number of hydrogen-bond donors (Lipinski definition) is 2. The van der Waals surface area contributed by atoms with Crippen LogP contribution < -0.4 is 10.6 Å². The molecule has 1 spiro atoms. The smallest absolute Gasteiger partial charge is 0.220 e. The lowest BCUT2D eigenvalue weighted by molar-refractivity contribution is -0.119.